The molecule has 3 aliphatic rings. The highest BCUT2D eigenvalue weighted by molar-refractivity contribution is 5.89. The summed E-state index contributed by atoms with van der Waals surface area (Å²) in [6, 6.07) is 9.23. The van der Waals surface area contributed by atoms with Crippen LogP contribution >= 0.6 is 0 Å². The van der Waals surface area contributed by atoms with E-state index in [9.17, 15) is 14.4 Å². The first-order chi connectivity index (χ1) is 14.7. The zero-order valence-corrected chi connectivity index (χ0v) is 18.5. The quantitative estimate of drug-likeness (QED) is 0.740. The molecule has 0 aromatic heterocycles. The zero-order valence-electron chi connectivity index (χ0n) is 18.5. The summed E-state index contributed by atoms with van der Waals surface area (Å²) in [5, 5.41) is 3.18. The van der Waals surface area contributed by atoms with Crippen molar-refractivity contribution in [1.82, 2.24) is 10.2 Å². The van der Waals surface area contributed by atoms with Crippen LogP contribution in [0.4, 0.5) is 4.79 Å². The van der Waals surface area contributed by atoms with Crippen molar-refractivity contribution >= 4 is 18.0 Å². The topological polar surface area (TPSA) is 84.9 Å². The number of hydrogen-bond donors (Lipinski definition) is 1. The molecule has 7 nitrogen and oxygen atoms in total. The van der Waals surface area contributed by atoms with E-state index in [1.165, 1.54) is 0 Å². The van der Waals surface area contributed by atoms with Gasteiger partial charge in [0.2, 0.25) is 5.91 Å². The molecule has 1 N–H and O–H groups in total. The third kappa shape index (κ3) is 5.02. The van der Waals surface area contributed by atoms with Gasteiger partial charge in [0.25, 0.3) is 0 Å². The fourth-order valence-electron chi connectivity index (χ4n) is 4.90. The van der Waals surface area contributed by atoms with Gasteiger partial charge in [-0.15, -0.1) is 0 Å². The van der Waals surface area contributed by atoms with Gasteiger partial charge in [-0.3, -0.25) is 4.79 Å². The van der Waals surface area contributed by atoms with Crippen molar-refractivity contribution in [2.24, 2.45) is 5.92 Å². The summed E-state index contributed by atoms with van der Waals surface area (Å²) in [5.74, 6) is -0.423. The van der Waals surface area contributed by atoms with Gasteiger partial charge < -0.3 is 19.7 Å². The molecule has 4 rings (SSSR count). The van der Waals surface area contributed by atoms with Crippen LogP contribution in [0, 0.1) is 5.92 Å². The van der Waals surface area contributed by atoms with Crippen LogP contribution in [0.1, 0.15) is 69.7 Å². The zero-order chi connectivity index (χ0) is 22.2. The molecule has 7 heteroatoms. The summed E-state index contributed by atoms with van der Waals surface area (Å²) in [7, 11) is 0. The maximum atomic E-state index is 12.7. The second-order valence-corrected chi connectivity index (χ2v) is 10.0. The minimum Gasteiger partial charge on any atom is -0.459 e. The second-order valence-electron chi connectivity index (χ2n) is 10.0. The van der Waals surface area contributed by atoms with Crippen molar-refractivity contribution < 1.29 is 23.9 Å². The summed E-state index contributed by atoms with van der Waals surface area (Å²) in [6.45, 7) is 5.63. The molecule has 31 heavy (non-hydrogen) atoms. The average Bonchev–Trinajstić information content (AvgIpc) is 2.94. The molecule has 2 bridgehead atoms. The number of fused-ring (bicyclic) bond motifs is 2. The lowest BCUT2D eigenvalue weighted by Crippen LogP contribution is -2.55. The third-order valence-electron chi connectivity index (χ3n) is 6.43. The summed E-state index contributed by atoms with van der Waals surface area (Å²) in [4.78, 5) is 39.3. The number of nitrogens with zero attached hydrogens (tertiary/aromatic N) is 1. The molecule has 1 aromatic carbocycles. The van der Waals surface area contributed by atoms with Crippen LogP contribution in [0.25, 0.3) is 0 Å². The Balaban J connectivity index is 1.22. The Labute approximate surface area is 183 Å². The number of ether oxygens (including phenoxy) is 2. The average molecular weight is 429 g/mol. The largest absolute Gasteiger partial charge is 0.459 e. The van der Waals surface area contributed by atoms with Crippen LogP contribution in [-0.4, -0.2) is 52.7 Å². The Morgan fingerprint density at radius 2 is 1.58 bits per heavy atom. The van der Waals surface area contributed by atoms with Gasteiger partial charge in [0.05, 0.1) is 5.56 Å². The molecule has 168 valence electrons. The van der Waals surface area contributed by atoms with Crippen molar-refractivity contribution in [3.05, 3.63) is 35.9 Å². The number of rotatable bonds is 4. The van der Waals surface area contributed by atoms with Crippen molar-refractivity contribution in [1.29, 1.82) is 0 Å². The molecule has 2 heterocycles. The van der Waals surface area contributed by atoms with Crippen LogP contribution in [-0.2, 0) is 14.3 Å². The highest BCUT2D eigenvalue weighted by Crippen LogP contribution is 2.37. The molecule has 2 saturated heterocycles. The number of carbonyl (C=O) groups is 3. The summed E-state index contributed by atoms with van der Waals surface area (Å²) in [5.41, 5.74) is 0.0226. The lowest BCUT2D eigenvalue weighted by molar-refractivity contribution is -0.133. The Morgan fingerprint density at radius 1 is 0.968 bits per heavy atom. The molecule has 2 aliphatic heterocycles. The van der Waals surface area contributed by atoms with Crippen molar-refractivity contribution in [3.8, 4) is 0 Å². The van der Waals surface area contributed by atoms with E-state index in [4.69, 9.17) is 9.47 Å². The fourth-order valence-corrected chi connectivity index (χ4v) is 4.90. The van der Waals surface area contributed by atoms with Gasteiger partial charge in [0.15, 0.2) is 0 Å². The number of carbonyl (C=O) groups excluding carboxylic acids is 3. The minimum absolute atomic E-state index is 0.0297. The minimum atomic E-state index is -0.508. The number of benzene rings is 1. The van der Waals surface area contributed by atoms with Gasteiger partial charge in [-0.25, -0.2) is 9.59 Å². The van der Waals surface area contributed by atoms with Crippen LogP contribution in [0.3, 0.4) is 0 Å². The summed E-state index contributed by atoms with van der Waals surface area (Å²) >= 11 is 0. The highest BCUT2D eigenvalue weighted by atomic mass is 16.6. The number of hydrogen-bond acceptors (Lipinski definition) is 5. The molecular formula is C24H32N2O5. The van der Waals surface area contributed by atoms with E-state index in [0.717, 1.165) is 25.7 Å². The third-order valence-corrected chi connectivity index (χ3v) is 6.43. The monoisotopic (exact) mass is 428 g/mol. The molecule has 2 unspecified atom stereocenters. The van der Waals surface area contributed by atoms with Gasteiger partial charge in [0.1, 0.15) is 11.7 Å². The standard InChI is InChI=1S/C24H32N2O5/c1-24(2,3)31-23(29)26-18-9-10-19(26)14-17(13-18)25-21(27)16-11-20(12-16)30-22(28)15-7-5-4-6-8-15/h4-8,16-20H,9-14H2,1-3H3,(H,25,27). The van der Waals surface area contributed by atoms with Gasteiger partial charge >= 0.3 is 12.1 Å². The predicted octanol–water partition coefficient (Wildman–Crippen LogP) is 3.67. The van der Waals surface area contributed by atoms with Crippen LogP contribution in [0.15, 0.2) is 30.3 Å². The lowest BCUT2D eigenvalue weighted by atomic mass is 9.81. The number of amides is 2. The molecule has 3 fully saturated rings. The van der Waals surface area contributed by atoms with Gasteiger partial charge in [-0.05, 0) is 71.4 Å². The van der Waals surface area contributed by atoms with Crippen LogP contribution in [0.2, 0.25) is 0 Å². The first-order valence-corrected chi connectivity index (χ1v) is 11.3. The first-order valence-electron chi connectivity index (χ1n) is 11.3. The van der Waals surface area contributed by atoms with Crippen LogP contribution in [0.5, 0.6) is 0 Å². The molecule has 0 spiro atoms. The SMILES string of the molecule is CC(C)(C)OC(=O)N1C2CCC1CC(NC(=O)C1CC(OC(=O)c3ccccc3)C1)C2. The normalized spacial score (nSPS) is 29.6. The van der Waals surface area contributed by atoms with Crippen molar-refractivity contribution in [2.75, 3.05) is 0 Å². The maximum absolute atomic E-state index is 12.7. The van der Waals surface area contributed by atoms with Crippen LogP contribution < -0.4 is 5.32 Å². The van der Waals surface area contributed by atoms with E-state index in [1.54, 1.807) is 24.3 Å². The predicted molar refractivity (Wildman–Crippen MR) is 114 cm³/mol. The van der Waals surface area contributed by atoms with Crippen molar-refractivity contribution in [3.63, 3.8) is 0 Å². The molecule has 1 aliphatic carbocycles. The number of piperidine rings is 1. The molecule has 1 saturated carbocycles. The maximum Gasteiger partial charge on any atom is 0.410 e. The Bertz CT molecular complexity index is 814. The number of esters is 1. The Morgan fingerprint density at radius 3 is 2.16 bits per heavy atom. The van der Waals surface area contributed by atoms with E-state index in [-0.39, 0.29) is 48.1 Å². The van der Waals surface area contributed by atoms with E-state index < -0.39 is 5.60 Å². The second kappa shape index (κ2) is 8.52. The lowest BCUT2D eigenvalue weighted by Gasteiger charge is -2.41. The molecule has 0 radical (unpaired) electrons. The van der Waals surface area contributed by atoms with E-state index in [2.05, 4.69) is 5.32 Å². The van der Waals surface area contributed by atoms with E-state index in [1.807, 2.05) is 31.7 Å². The fraction of sp³-hybridized carbons (Fsp3) is 0.625. The van der Waals surface area contributed by atoms with Gasteiger partial charge in [-0.2, -0.15) is 0 Å². The summed E-state index contributed by atoms with van der Waals surface area (Å²) < 4.78 is 11.1. The molecule has 2 amide bonds. The van der Waals surface area contributed by atoms with Gasteiger partial charge in [-0.1, -0.05) is 18.2 Å². The Hall–Kier alpha value is -2.57. The first kappa shape index (κ1) is 21.7. The Kier molecular flexibility index (Phi) is 5.95. The molecular weight excluding hydrogens is 396 g/mol. The highest BCUT2D eigenvalue weighted by Gasteiger charge is 2.46. The molecule has 1 aromatic rings. The van der Waals surface area contributed by atoms with Crippen molar-refractivity contribution in [2.45, 2.75) is 89.1 Å². The molecule has 2 atom stereocenters. The van der Waals surface area contributed by atoms with Gasteiger partial charge in [0, 0.05) is 24.0 Å². The van der Waals surface area contributed by atoms with E-state index >= 15 is 0 Å². The summed E-state index contributed by atoms with van der Waals surface area (Å²) in [6.07, 6.45) is 4.12. The van der Waals surface area contributed by atoms with E-state index in [0.29, 0.717) is 18.4 Å². The smallest absolute Gasteiger partial charge is 0.410 e. The number of nitrogens with one attached hydrogen (secondary N) is 1.